The van der Waals surface area contributed by atoms with Crippen LogP contribution in [-0.2, 0) is 0 Å². The van der Waals surface area contributed by atoms with Gasteiger partial charge in [0.1, 0.15) is 11.2 Å². The number of aryl methyl sites for hydroxylation is 1. The van der Waals surface area contributed by atoms with Gasteiger partial charge in [-0.1, -0.05) is 0 Å². The summed E-state index contributed by atoms with van der Waals surface area (Å²) in [4.78, 5) is 12.6. The molecule has 0 saturated heterocycles. The van der Waals surface area contributed by atoms with E-state index in [0.29, 0.717) is 28.3 Å². The van der Waals surface area contributed by atoms with Crippen molar-refractivity contribution in [3.05, 3.63) is 53.7 Å². The number of nitrogens with zero attached hydrogens (tertiary/aromatic N) is 3. The largest absolute Gasteiger partial charge is 0.481 e. The van der Waals surface area contributed by atoms with Crippen molar-refractivity contribution in [1.82, 2.24) is 15.0 Å². The summed E-state index contributed by atoms with van der Waals surface area (Å²) in [5.41, 5.74) is 2.82. The lowest BCUT2D eigenvalue weighted by Crippen LogP contribution is -2.10. The van der Waals surface area contributed by atoms with Crippen molar-refractivity contribution < 1.29 is 9.13 Å². The predicted molar refractivity (Wildman–Crippen MR) is 87.1 cm³/mol. The Morgan fingerprint density at radius 3 is 2.83 bits per heavy atom. The van der Waals surface area contributed by atoms with Crippen LogP contribution >= 0.6 is 0 Å². The van der Waals surface area contributed by atoms with Crippen molar-refractivity contribution in [3.8, 4) is 5.88 Å². The first kappa shape index (κ1) is 15.1. The Labute approximate surface area is 133 Å². The number of hydrogen-bond acceptors (Lipinski definition) is 5. The maximum absolute atomic E-state index is 14.6. The number of methoxy groups -OCH3 is 1. The monoisotopic (exact) mass is 312 g/mol. The van der Waals surface area contributed by atoms with Gasteiger partial charge in [0, 0.05) is 24.5 Å². The molecule has 0 saturated carbocycles. The maximum atomic E-state index is 14.6. The number of ether oxygens (including phenoxy) is 1. The molecule has 0 unspecified atom stereocenters. The lowest BCUT2D eigenvalue weighted by Gasteiger charge is -2.18. The summed E-state index contributed by atoms with van der Waals surface area (Å²) in [6.45, 7) is 3.59. The summed E-state index contributed by atoms with van der Waals surface area (Å²) in [7, 11) is 1.56. The Hall–Kier alpha value is -2.76. The molecule has 3 aromatic heterocycles. The first-order valence-corrected chi connectivity index (χ1v) is 7.27. The van der Waals surface area contributed by atoms with Crippen molar-refractivity contribution in [1.29, 1.82) is 0 Å². The van der Waals surface area contributed by atoms with Crippen LogP contribution in [0.3, 0.4) is 0 Å². The Bertz CT molecular complexity index is 853. The van der Waals surface area contributed by atoms with Crippen LogP contribution in [0.4, 0.5) is 10.1 Å². The minimum absolute atomic E-state index is 0.145. The third-order valence-corrected chi connectivity index (χ3v) is 3.68. The molecule has 23 heavy (non-hydrogen) atoms. The van der Waals surface area contributed by atoms with Gasteiger partial charge in [-0.2, -0.15) is 0 Å². The minimum atomic E-state index is -0.385. The molecule has 6 heteroatoms. The number of halogens is 1. The predicted octanol–water partition coefficient (Wildman–Crippen LogP) is 3.65. The third-order valence-electron chi connectivity index (χ3n) is 3.68. The van der Waals surface area contributed by atoms with E-state index >= 15 is 0 Å². The highest BCUT2D eigenvalue weighted by Crippen LogP contribution is 2.29. The van der Waals surface area contributed by atoms with E-state index < -0.39 is 0 Å². The highest BCUT2D eigenvalue weighted by atomic mass is 19.1. The Balaban J connectivity index is 2.02. The molecule has 5 nitrogen and oxygen atoms in total. The highest BCUT2D eigenvalue weighted by molar-refractivity contribution is 5.88. The summed E-state index contributed by atoms with van der Waals surface area (Å²) in [5, 5.41) is 3.20. The van der Waals surface area contributed by atoms with E-state index in [0.717, 1.165) is 5.56 Å². The Morgan fingerprint density at radius 1 is 1.22 bits per heavy atom. The molecule has 0 aliphatic rings. The van der Waals surface area contributed by atoms with Crippen LogP contribution in [0.1, 0.15) is 24.2 Å². The second kappa shape index (κ2) is 6.16. The van der Waals surface area contributed by atoms with Crippen molar-refractivity contribution in [2.75, 3.05) is 12.4 Å². The highest BCUT2D eigenvalue weighted by Gasteiger charge is 2.16. The van der Waals surface area contributed by atoms with E-state index in [1.807, 2.05) is 25.1 Å². The SMILES string of the molecule is COc1cc([C@@H](C)Nc2c(F)c(C)nc3cccnc23)ccn1. The second-order valence-electron chi connectivity index (χ2n) is 5.25. The fourth-order valence-electron chi connectivity index (χ4n) is 2.43. The van der Waals surface area contributed by atoms with Crippen LogP contribution in [0, 0.1) is 12.7 Å². The van der Waals surface area contributed by atoms with Crippen molar-refractivity contribution in [2.45, 2.75) is 19.9 Å². The van der Waals surface area contributed by atoms with Gasteiger partial charge in [-0.25, -0.2) is 14.4 Å². The molecule has 118 valence electrons. The molecule has 0 aliphatic carbocycles. The van der Waals surface area contributed by atoms with Gasteiger partial charge in [0.05, 0.1) is 18.3 Å². The fourth-order valence-corrected chi connectivity index (χ4v) is 2.43. The molecule has 3 aromatic rings. The van der Waals surface area contributed by atoms with Crippen LogP contribution in [-0.4, -0.2) is 22.1 Å². The van der Waals surface area contributed by atoms with Gasteiger partial charge >= 0.3 is 0 Å². The minimum Gasteiger partial charge on any atom is -0.481 e. The molecule has 3 heterocycles. The first-order valence-electron chi connectivity index (χ1n) is 7.27. The number of aromatic nitrogens is 3. The normalized spacial score (nSPS) is 12.2. The van der Waals surface area contributed by atoms with Crippen LogP contribution in [0.25, 0.3) is 11.0 Å². The zero-order valence-electron chi connectivity index (χ0n) is 13.2. The van der Waals surface area contributed by atoms with Gasteiger partial charge in [0.25, 0.3) is 0 Å². The second-order valence-corrected chi connectivity index (χ2v) is 5.25. The summed E-state index contributed by atoms with van der Waals surface area (Å²) in [5.74, 6) is 0.134. The molecule has 0 aliphatic heterocycles. The number of pyridine rings is 3. The molecular formula is C17H17FN4O. The number of nitrogens with one attached hydrogen (secondary N) is 1. The molecule has 0 fully saturated rings. The summed E-state index contributed by atoms with van der Waals surface area (Å²) in [6.07, 6.45) is 3.29. The van der Waals surface area contributed by atoms with E-state index in [1.54, 1.807) is 32.5 Å². The smallest absolute Gasteiger partial charge is 0.213 e. The summed E-state index contributed by atoms with van der Waals surface area (Å²) in [6, 6.07) is 7.14. The lowest BCUT2D eigenvalue weighted by atomic mass is 10.1. The van der Waals surface area contributed by atoms with Gasteiger partial charge in [0.2, 0.25) is 5.88 Å². The quantitative estimate of drug-likeness (QED) is 0.797. The van der Waals surface area contributed by atoms with Crippen molar-refractivity contribution >= 4 is 16.7 Å². The average molecular weight is 312 g/mol. The Kier molecular flexibility index (Phi) is 4.06. The van der Waals surface area contributed by atoms with Crippen LogP contribution < -0.4 is 10.1 Å². The van der Waals surface area contributed by atoms with E-state index in [9.17, 15) is 4.39 Å². The van der Waals surface area contributed by atoms with Gasteiger partial charge < -0.3 is 10.1 Å². The summed E-state index contributed by atoms with van der Waals surface area (Å²) >= 11 is 0. The van der Waals surface area contributed by atoms with E-state index in [1.165, 1.54) is 0 Å². The standard InChI is InChI=1S/C17H17FN4O/c1-10(12-6-8-19-14(9-12)23-3)22-17-15(18)11(2)21-13-5-4-7-20-16(13)17/h4-10H,1-3H3,(H,21,22)/t10-/m1/s1. The zero-order chi connectivity index (χ0) is 16.4. The summed E-state index contributed by atoms with van der Waals surface area (Å²) < 4.78 is 19.7. The number of hydrogen-bond donors (Lipinski definition) is 1. The van der Waals surface area contributed by atoms with Gasteiger partial charge in [0.15, 0.2) is 5.82 Å². The van der Waals surface area contributed by atoms with E-state index in [-0.39, 0.29) is 11.9 Å². The zero-order valence-corrected chi connectivity index (χ0v) is 13.2. The van der Waals surface area contributed by atoms with Gasteiger partial charge in [-0.15, -0.1) is 0 Å². The molecule has 3 rings (SSSR count). The molecular weight excluding hydrogens is 295 g/mol. The molecule has 1 atom stereocenters. The third kappa shape index (κ3) is 2.92. The number of rotatable bonds is 4. The molecule has 0 bridgehead atoms. The van der Waals surface area contributed by atoms with Gasteiger partial charge in [-0.05, 0) is 37.6 Å². The topological polar surface area (TPSA) is 59.9 Å². The molecule has 0 radical (unpaired) electrons. The van der Waals surface area contributed by atoms with E-state index in [2.05, 4.69) is 20.3 Å². The molecule has 0 amide bonds. The van der Waals surface area contributed by atoms with Crippen LogP contribution in [0.5, 0.6) is 5.88 Å². The fraction of sp³-hybridized carbons (Fsp3) is 0.235. The lowest BCUT2D eigenvalue weighted by molar-refractivity contribution is 0.397. The Morgan fingerprint density at radius 2 is 2.04 bits per heavy atom. The van der Waals surface area contributed by atoms with Gasteiger partial charge in [-0.3, -0.25) is 4.98 Å². The number of anilines is 1. The number of fused-ring (bicyclic) bond motifs is 1. The maximum Gasteiger partial charge on any atom is 0.213 e. The van der Waals surface area contributed by atoms with Crippen molar-refractivity contribution in [2.24, 2.45) is 0 Å². The van der Waals surface area contributed by atoms with Crippen LogP contribution in [0.2, 0.25) is 0 Å². The molecule has 0 spiro atoms. The van der Waals surface area contributed by atoms with E-state index in [4.69, 9.17) is 4.74 Å². The van der Waals surface area contributed by atoms with Crippen LogP contribution in [0.15, 0.2) is 36.7 Å². The average Bonchev–Trinajstić information content (AvgIpc) is 2.58. The molecule has 0 aromatic carbocycles. The first-order chi connectivity index (χ1) is 11.1. The van der Waals surface area contributed by atoms with Crippen molar-refractivity contribution in [3.63, 3.8) is 0 Å². The molecule has 1 N–H and O–H groups in total.